The van der Waals surface area contributed by atoms with E-state index in [1.165, 1.54) is 4.90 Å². The molecule has 1 fully saturated rings. The number of nitrogens with zero attached hydrogens (tertiary/aromatic N) is 2. The summed E-state index contributed by atoms with van der Waals surface area (Å²) >= 11 is 0. The van der Waals surface area contributed by atoms with Crippen molar-refractivity contribution < 1.29 is 14.1 Å². The van der Waals surface area contributed by atoms with Gasteiger partial charge >= 0.3 is 0 Å². The maximum absolute atomic E-state index is 11.2. The highest BCUT2D eigenvalue weighted by molar-refractivity contribution is 5.76. The van der Waals surface area contributed by atoms with Crippen LogP contribution in [0, 0.1) is 12.8 Å². The van der Waals surface area contributed by atoms with Crippen molar-refractivity contribution in [2.24, 2.45) is 11.7 Å². The van der Waals surface area contributed by atoms with Gasteiger partial charge in [-0.15, -0.1) is 10.2 Å². The van der Waals surface area contributed by atoms with Crippen LogP contribution in [0.1, 0.15) is 24.3 Å². The zero-order valence-electron chi connectivity index (χ0n) is 12.7. The second-order valence-corrected chi connectivity index (χ2v) is 5.97. The van der Waals surface area contributed by atoms with Crippen molar-refractivity contribution in [2.75, 3.05) is 13.1 Å². The molecular weight excluding hydrogens is 280 g/mol. The van der Waals surface area contributed by atoms with Gasteiger partial charge in [0.25, 0.3) is 5.89 Å². The summed E-state index contributed by atoms with van der Waals surface area (Å²) in [7, 11) is 0. The smallest absolute Gasteiger partial charge is 0.271 e. The minimum Gasteiger partial charge on any atom is -0.415 e. The summed E-state index contributed by atoms with van der Waals surface area (Å²) in [4.78, 5) is 12.5. The lowest BCUT2D eigenvalue weighted by Gasteiger charge is -2.26. The van der Waals surface area contributed by atoms with Gasteiger partial charge in [-0.25, -0.2) is 0 Å². The van der Waals surface area contributed by atoms with E-state index in [2.05, 4.69) is 10.2 Å². The normalized spacial score (nSPS) is 21.7. The number of amides is 1. The third-order valence-corrected chi connectivity index (χ3v) is 4.23. The monoisotopic (exact) mass is 301 g/mol. The first-order valence-electron chi connectivity index (χ1n) is 7.64. The molecule has 0 atom stereocenters. The number of nitrogens with two attached hydrogens (primary N) is 1. The summed E-state index contributed by atoms with van der Waals surface area (Å²) in [5.74, 6) is 1.04. The number of carbonyl (C=O) groups is 1. The average Bonchev–Trinajstić information content (AvgIpc) is 2.96. The first-order chi connectivity index (χ1) is 10.6. The number of hydrogen-bond acceptors (Lipinski definition) is 4. The lowest BCUT2D eigenvalue weighted by Crippen LogP contribution is -3.11. The second-order valence-electron chi connectivity index (χ2n) is 5.97. The number of benzene rings is 1. The number of quaternary nitrogens is 1. The number of hydrogen-bond donors (Lipinski definition) is 2. The molecule has 1 aromatic heterocycles. The maximum Gasteiger partial charge on any atom is 0.271 e. The molecule has 0 aliphatic carbocycles. The molecule has 3 N–H and O–H groups in total. The number of likely N-dealkylation sites (tertiary alicyclic amines) is 1. The standard InChI is InChI=1S/C16H20N4O2/c1-11-3-2-4-13(9-11)16-19-18-14(22-16)10-20-7-5-12(6-8-20)15(17)21/h2-4,9,12H,5-8,10H2,1H3,(H2,17,21)/p+1. The Bertz CT molecular complexity index is 660. The van der Waals surface area contributed by atoms with E-state index >= 15 is 0 Å². The van der Waals surface area contributed by atoms with Crippen molar-refractivity contribution in [3.05, 3.63) is 35.7 Å². The zero-order valence-corrected chi connectivity index (χ0v) is 12.7. The number of rotatable bonds is 4. The van der Waals surface area contributed by atoms with Crippen LogP contribution in [0.25, 0.3) is 11.5 Å². The highest BCUT2D eigenvalue weighted by Gasteiger charge is 2.27. The van der Waals surface area contributed by atoms with Gasteiger partial charge in [0, 0.05) is 24.3 Å². The van der Waals surface area contributed by atoms with Crippen LogP contribution in [0.5, 0.6) is 0 Å². The largest absolute Gasteiger partial charge is 0.415 e. The van der Waals surface area contributed by atoms with E-state index in [-0.39, 0.29) is 11.8 Å². The van der Waals surface area contributed by atoms with Crippen LogP contribution >= 0.6 is 0 Å². The molecule has 6 nitrogen and oxygen atoms in total. The first kappa shape index (κ1) is 14.7. The van der Waals surface area contributed by atoms with Crippen molar-refractivity contribution in [1.29, 1.82) is 0 Å². The Morgan fingerprint density at radius 2 is 2.14 bits per heavy atom. The van der Waals surface area contributed by atoms with Crippen molar-refractivity contribution in [3.63, 3.8) is 0 Å². The molecule has 3 rings (SSSR count). The van der Waals surface area contributed by atoms with E-state index in [9.17, 15) is 4.79 Å². The van der Waals surface area contributed by atoms with Gasteiger partial charge in [0.15, 0.2) is 6.54 Å². The fourth-order valence-corrected chi connectivity index (χ4v) is 2.92. The topological polar surface area (TPSA) is 86.5 Å². The fraction of sp³-hybridized carbons (Fsp3) is 0.438. The van der Waals surface area contributed by atoms with E-state index < -0.39 is 0 Å². The quantitative estimate of drug-likeness (QED) is 0.852. The van der Waals surface area contributed by atoms with Crippen molar-refractivity contribution in [1.82, 2.24) is 10.2 Å². The molecule has 2 heterocycles. The van der Waals surface area contributed by atoms with Crippen molar-refractivity contribution in [2.45, 2.75) is 26.3 Å². The van der Waals surface area contributed by atoms with Crippen LogP contribution in [-0.4, -0.2) is 29.2 Å². The minimum absolute atomic E-state index is 0.0225. The fourth-order valence-electron chi connectivity index (χ4n) is 2.92. The Morgan fingerprint density at radius 1 is 1.36 bits per heavy atom. The van der Waals surface area contributed by atoms with Gasteiger partial charge in [-0.05, 0) is 19.1 Å². The molecule has 0 radical (unpaired) electrons. The van der Waals surface area contributed by atoms with Crippen molar-refractivity contribution in [3.8, 4) is 11.5 Å². The summed E-state index contributed by atoms with van der Waals surface area (Å²) in [5.41, 5.74) is 7.46. The molecule has 0 bridgehead atoms. The third kappa shape index (κ3) is 3.33. The van der Waals surface area contributed by atoms with Gasteiger partial charge in [0.1, 0.15) is 0 Å². The maximum atomic E-state index is 11.2. The SMILES string of the molecule is Cc1cccc(-c2nnc(C[NH+]3CCC(C(N)=O)CC3)o2)c1. The Morgan fingerprint density at radius 3 is 2.82 bits per heavy atom. The number of piperidine rings is 1. The molecule has 22 heavy (non-hydrogen) atoms. The number of aryl methyl sites for hydroxylation is 1. The van der Waals surface area contributed by atoms with Crippen molar-refractivity contribution >= 4 is 5.91 Å². The molecule has 116 valence electrons. The Labute approximate surface area is 129 Å². The highest BCUT2D eigenvalue weighted by Crippen LogP contribution is 2.18. The Hall–Kier alpha value is -2.21. The third-order valence-electron chi connectivity index (χ3n) is 4.23. The predicted octanol–water partition coefficient (Wildman–Crippen LogP) is 0.325. The molecule has 0 unspecified atom stereocenters. The molecule has 1 aromatic carbocycles. The molecule has 0 saturated carbocycles. The summed E-state index contributed by atoms with van der Waals surface area (Å²) in [6, 6.07) is 8.01. The van der Waals surface area contributed by atoms with E-state index in [1.54, 1.807) is 0 Å². The number of nitrogens with one attached hydrogen (secondary N) is 1. The number of carbonyl (C=O) groups excluding carboxylic acids is 1. The van der Waals surface area contributed by atoms with E-state index in [4.69, 9.17) is 10.2 Å². The van der Waals surface area contributed by atoms with E-state index in [0.29, 0.717) is 18.3 Å². The Balaban J connectivity index is 1.62. The van der Waals surface area contributed by atoms with Gasteiger partial charge in [-0.1, -0.05) is 17.7 Å². The van der Waals surface area contributed by atoms with Gasteiger partial charge < -0.3 is 15.1 Å². The van der Waals surface area contributed by atoms with Gasteiger partial charge in [-0.3, -0.25) is 4.79 Å². The van der Waals surface area contributed by atoms with Crippen LogP contribution in [0.4, 0.5) is 0 Å². The van der Waals surface area contributed by atoms with Crippen LogP contribution in [0.15, 0.2) is 28.7 Å². The van der Waals surface area contributed by atoms with Crippen LogP contribution < -0.4 is 10.6 Å². The predicted molar refractivity (Wildman–Crippen MR) is 80.8 cm³/mol. The lowest BCUT2D eigenvalue weighted by atomic mass is 9.96. The summed E-state index contributed by atoms with van der Waals surface area (Å²) < 4.78 is 5.77. The van der Waals surface area contributed by atoms with Gasteiger partial charge in [0.05, 0.1) is 13.1 Å². The molecule has 6 heteroatoms. The second kappa shape index (κ2) is 6.27. The van der Waals surface area contributed by atoms with Gasteiger partial charge in [0.2, 0.25) is 11.8 Å². The van der Waals surface area contributed by atoms with E-state index in [1.807, 2.05) is 31.2 Å². The minimum atomic E-state index is -0.182. The highest BCUT2D eigenvalue weighted by atomic mass is 16.4. The Kier molecular flexibility index (Phi) is 4.20. The molecule has 1 aliphatic rings. The summed E-state index contributed by atoms with van der Waals surface area (Å²) in [6.07, 6.45) is 1.67. The van der Waals surface area contributed by atoms with Crippen LogP contribution in [0.3, 0.4) is 0 Å². The molecule has 1 amide bonds. The van der Waals surface area contributed by atoms with E-state index in [0.717, 1.165) is 37.1 Å². The lowest BCUT2D eigenvalue weighted by molar-refractivity contribution is -0.920. The molecule has 1 aliphatic heterocycles. The van der Waals surface area contributed by atoms with Crippen LogP contribution in [0.2, 0.25) is 0 Å². The molecular formula is C16H21N4O2+. The molecule has 1 saturated heterocycles. The molecule has 2 aromatic rings. The van der Waals surface area contributed by atoms with Gasteiger partial charge in [-0.2, -0.15) is 0 Å². The average molecular weight is 301 g/mol. The summed E-state index contributed by atoms with van der Waals surface area (Å²) in [6.45, 7) is 4.56. The zero-order chi connectivity index (χ0) is 15.5. The number of primary amides is 1. The first-order valence-corrected chi connectivity index (χ1v) is 7.64. The van der Waals surface area contributed by atoms with Crippen LogP contribution in [-0.2, 0) is 11.3 Å². The summed E-state index contributed by atoms with van der Waals surface area (Å²) in [5, 5.41) is 8.27. The number of aromatic nitrogens is 2. The molecule has 0 spiro atoms.